The molecule has 1 fully saturated rings. The van der Waals surface area contributed by atoms with Crippen molar-refractivity contribution in [3.05, 3.63) is 72.3 Å². The quantitative estimate of drug-likeness (QED) is 0.448. The van der Waals surface area contributed by atoms with Crippen LogP contribution in [-0.4, -0.2) is 14.9 Å². The van der Waals surface area contributed by atoms with Gasteiger partial charge in [0.25, 0.3) is 0 Å². The van der Waals surface area contributed by atoms with Crippen molar-refractivity contribution in [2.75, 3.05) is 0 Å². The average Bonchev–Trinajstić information content (AvgIpc) is 3.37. The van der Waals surface area contributed by atoms with Gasteiger partial charge in [-0.3, -0.25) is 4.68 Å². The zero-order valence-electron chi connectivity index (χ0n) is 16.1. The van der Waals surface area contributed by atoms with E-state index in [1.54, 1.807) is 12.1 Å². The van der Waals surface area contributed by atoms with Crippen molar-refractivity contribution in [1.29, 1.82) is 0 Å². The first kappa shape index (κ1) is 17.1. The molecule has 0 unspecified atom stereocenters. The number of hydrogen-bond donors (Lipinski definition) is 1. The molecule has 1 N–H and O–H groups in total. The summed E-state index contributed by atoms with van der Waals surface area (Å²) in [4.78, 5) is 0. The fourth-order valence-corrected chi connectivity index (χ4v) is 4.53. The van der Waals surface area contributed by atoms with Gasteiger partial charge in [0.2, 0.25) is 0 Å². The lowest BCUT2D eigenvalue weighted by Crippen LogP contribution is -2.07. The number of para-hydroxylation sites is 1. The van der Waals surface area contributed by atoms with Crippen LogP contribution in [0.2, 0.25) is 0 Å². The summed E-state index contributed by atoms with van der Waals surface area (Å²) >= 11 is 0. The van der Waals surface area contributed by atoms with Crippen LogP contribution in [0.3, 0.4) is 0 Å². The molecule has 0 radical (unpaired) electrons. The van der Waals surface area contributed by atoms with Crippen LogP contribution in [0.25, 0.3) is 33.3 Å². The molecule has 1 saturated carbocycles. The lowest BCUT2D eigenvalue weighted by molar-refractivity contribution is 0.475. The molecule has 1 aromatic heterocycles. The molecular formula is C25H24N2O. The SMILES string of the molecule is Cc1ccccc1-c1cccc2c(-c3ccc(O)cc3)nn(C3CCCC3)c12. The van der Waals surface area contributed by atoms with E-state index in [0.29, 0.717) is 6.04 Å². The van der Waals surface area contributed by atoms with Crippen LogP contribution in [0.1, 0.15) is 37.3 Å². The van der Waals surface area contributed by atoms with Crippen LogP contribution in [0, 0.1) is 6.92 Å². The van der Waals surface area contributed by atoms with Crippen molar-refractivity contribution < 1.29 is 5.11 Å². The number of nitrogens with zero attached hydrogens (tertiary/aromatic N) is 2. The van der Waals surface area contributed by atoms with Crippen LogP contribution in [0.4, 0.5) is 0 Å². The monoisotopic (exact) mass is 368 g/mol. The number of phenolic OH excluding ortho intramolecular Hbond substituents is 1. The maximum Gasteiger partial charge on any atom is 0.115 e. The van der Waals surface area contributed by atoms with Crippen molar-refractivity contribution in [3.8, 4) is 28.1 Å². The van der Waals surface area contributed by atoms with Crippen LogP contribution in [0.15, 0.2) is 66.7 Å². The second kappa shape index (κ2) is 6.83. The third-order valence-corrected chi connectivity index (χ3v) is 5.97. The maximum absolute atomic E-state index is 9.69. The van der Waals surface area contributed by atoms with Crippen LogP contribution in [-0.2, 0) is 0 Å². The highest BCUT2D eigenvalue weighted by atomic mass is 16.3. The van der Waals surface area contributed by atoms with E-state index >= 15 is 0 Å². The predicted octanol–water partition coefficient (Wildman–Crippen LogP) is 6.50. The topological polar surface area (TPSA) is 38.1 Å². The minimum absolute atomic E-state index is 0.281. The number of fused-ring (bicyclic) bond motifs is 1. The Labute approximate surface area is 165 Å². The Hall–Kier alpha value is -3.07. The molecule has 140 valence electrons. The standard InChI is InChI=1S/C25H24N2O/c1-17-7-2-5-10-21(17)22-11-6-12-23-24(18-13-15-20(28)16-14-18)26-27(25(22)23)19-8-3-4-9-19/h2,5-7,10-16,19,28H,3-4,8-9H2,1H3. The van der Waals surface area contributed by atoms with Crippen molar-refractivity contribution in [2.24, 2.45) is 0 Å². The van der Waals surface area contributed by atoms with Gasteiger partial charge in [0, 0.05) is 16.5 Å². The Morgan fingerprint density at radius 3 is 2.32 bits per heavy atom. The molecule has 0 saturated heterocycles. The van der Waals surface area contributed by atoms with E-state index in [2.05, 4.69) is 54.1 Å². The van der Waals surface area contributed by atoms with Gasteiger partial charge in [-0.2, -0.15) is 5.10 Å². The van der Waals surface area contributed by atoms with Crippen LogP contribution < -0.4 is 0 Å². The van der Waals surface area contributed by atoms with Crippen molar-refractivity contribution >= 4 is 10.9 Å². The van der Waals surface area contributed by atoms with Crippen molar-refractivity contribution in [2.45, 2.75) is 38.6 Å². The predicted molar refractivity (Wildman–Crippen MR) is 115 cm³/mol. The molecule has 1 aliphatic carbocycles. The smallest absolute Gasteiger partial charge is 0.115 e. The summed E-state index contributed by atoms with van der Waals surface area (Å²) in [5, 5.41) is 16.0. The van der Waals surface area contributed by atoms with Gasteiger partial charge in [0.1, 0.15) is 11.4 Å². The maximum atomic E-state index is 9.69. The molecule has 0 bridgehead atoms. The van der Waals surface area contributed by atoms with E-state index in [1.165, 1.54) is 53.3 Å². The Morgan fingerprint density at radius 2 is 1.57 bits per heavy atom. The third-order valence-electron chi connectivity index (χ3n) is 5.97. The summed E-state index contributed by atoms with van der Waals surface area (Å²) in [5.74, 6) is 0.281. The zero-order valence-corrected chi connectivity index (χ0v) is 16.1. The van der Waals surface area contributed by atoms with Gasteiger partial charge in [-0.05, 0) is 55.2 Å². The summed E-state index contributed by atoms with van der Waals surface area (Å²) in [5.41, 5.74) is 7.07. The molecule has 3 heteroatoms. The summed E-state index contributed by atoms with van der Waals surface area (Å²) < 4.78 is 2.28. The normalized spacial score (nSPS) is 14.8. The van der Waals surface area contributed by atoms with E-state index in [1.807, 2.05) is 12.1 Å². The van der Waals surface area contributed by atoms with Gasteiger partial charge in [0.05, 0.1) is 11.6 Å². The molecule has 0 aliphatic heterocycles. The average molecular weight is 368 g/mol. The molecule has 5 rings (SSSR count). The van der Waals surface area contributed by atoms with Gasteiger partial charge in [-0.1, -0.05) is 55.3 Å². The minimum Gasteiger partial charge on any atom is -0.508 e. The Morgan fingerprint density at radius 1 is 0.857 bits per heavy atom. The number of aromatic nitrogens is 2. The highest BCUT2D eigenvalue weighted by Crippen LogP contribution is 2.40. The van der Waals surface area contributed by atoms with E-state index in [0.717, 1.165) is 11.3 Å². The van der Waals surface area contributed by atoms with Crippen LogP contribution >= 0.6 is 0 Å². The summed E-state index contributed by atoms with van der Waals surface area (Å²) in [6.45, 7) is 2.17. The fraction of sp³-hybridized carbons (Fsp3) is 0.240. The minimum atomic E-state index is 0.281. The first-order valence-corrected chi connectivity index (χ1v) is 10.1. The highest BCUT2D eigenvalue weighted by Gasteiger charge is 2.24. The second-order valence-electron chi connectivity index (χ2n) is 7.79. The highest BCUT2D eigenvalue weighted by molar-refractivity contribution is 6.02. The molecule has 3 aromatic carbocycles. The molecule has 0 atom stereocenters. The van der Waals surface area contributed by atoms with E-state index in [4.69, 9.17) is 5.10 Å². The molecule has 0 spiro atoms. The van der Waals surface area contributed by atoms with Crippen LogP contribution in [0.5, 0.6) is 5.75 Å². The van der Waals surface area contributed by atoms with Gasteiger partial charge in [-0.15, -0.1) is 0 Å². The Balaban J connectivity index is 1.81. The first-order valence-electron chi connectivity index (χ1n) is 10.1. The Kier molecular flexibility index (Phi) is 4.16. The molecule has 3 nitrogen and oxygen atoms in total. The van der Waals surface area contributed by atoms with Gasteiger partial charge in [0.15, 0.2) is 0 Å². The number of phenols is 1. The van der Waals surface area contributed by atoms with Crippen molar-refractivity contribution in [3.63, 3.8) is 0 Å². The third kappa shape index (κ3) is 2.78. The largest absolute Gasteiger partial charge is 0.508 e. The van der Waals surface area contributed by atoms with Gasteiger partial charge < -0.3 is 5.11 Å². The summed E-state index contributed by atoms with van der Waals surface area (Å²) in [7, 11) is 0. The molecule has 0 amide bonds. The molecule has 28 heavy (non-hydrogen) atoms. The van der Waals surface area contributed by atoms with E-state index in [9.17, 15) is 5.11 Å². The van der Waals surface area contributed by atoms with E-state index < -0.39 is 0 Å². The molecule has 1 heterocycles. The number of hydrogen-bond acceptors (Lipinski definition) is 2. The number of aryl methyl sites for hydroxylation is 1. The number of benzene rings is 3. The lowest BCUT2D eigenvalue weighted by atomic mass is 9.97. The van der Waals surface area contributed by atoms with E-state index in [-0.39, 0.29) is 5.75 Å². The molecule has 4 aromatic rings. The summed E-state index contributed by atoms with van der Waals surface area (Å²) in [6, 6.07) is 23.0. The molecule has 1 aliphatic rings. The van der Waals surface area contributed by atoms with Gasteiger partial charge >= 0.3 is 0 Å². The Bertz CT molecular complexity index is 1140. The zero-order chi connectivity index (χ0) is 19.1. The lowest BCUT2D eigenvalue weighted by Gasteiger charge is -2.15. The summed E-state index contributed by atoms with van der Waals surface area (Å²) in [6.07, 6.45) is 4.92. The fourth-order valence-electron chi connectivity index (χ4n) is 4.53. The van der Waals surface area contributed by atoms with Crippen molar-refractivity contribution in [1.82, 2.24) is 9.78 Å². The number of rotatable bonds is 3. The first-order chi connectivity index (χ1) is 13.7. The number of aromatic hydroxyl groups is 1. The van der Waals surface area contributed by atoms with Gasteiger partial charge in [-0.25, -0.2) is 0 Å². The molecular weight excluding hydrogens is 344 g/mol. The second-order valence-corrected chi connectivity index (χ2v) is 7.79.